The van der Waals surface area contributed by atoms with Crippen molar-refractivity contribution >= 4 is 11.9 Å². The molecule has 1 aliphatic rings. The number of fused-ring (bicyclic) bond motifs is 1. The third-order valence-electron chi connectivity index (χ3n) is 3.74. The van der Waals surface area contributed by atoms with Gasteiger partial charge in [0, 0.05) is 19.9 Å². The van der Waals surface area contributed by atoms with Crippen LogP contribution in [0.5, 0.6) is 0 Å². The van der Waals surface area contributed by atoms with Gasteiger partial charge in [0.1, 0.15) is 18.1 Å². The van der Waals surface area contributed by atoms with Crippen LogP contribution in [0.15, 0.2) is 18.3 Å². The molecule has 3 rings (SSSR count). The molecule has 9 nitrogen and oxygen atoms in total. The first-order valence-electron chi connectivity index (χ1n) is 7.51. The van der Waals surface area contributed by atoms with Crippen LogP contribution in [-0.4, -0.2) is 43.8 Å². The van der Waals surface area contributed by atoms with Crippen molar-refractivity contribution in [2.24, 2.45) is 0 Å². The lowest BCUT2D eigenvalue weighted by Gasteiger charge is -2.22. The van der Waals surface area contributed by atoms with Gasteiger partial charge >= 0.3 is 5.97 Å². The van der Waals surface area contributed by atoms with Gasteiger partial charge in [0.25, 0.3) is 5.91 Å². The van der Waals surface area contributed by atoms with Crippen LogP contribution in [0.1, 0.15) is 51.4 Å². The van der Waals surface area contributed by atoms with E-state index in [9.17, 15) is 9.59 Å². The standard InChI is InChI=1S/C15H17N5O4/c1-24-8-12-18-13-10(3-2-6-20(13)19-12)17-14(21)11-5-4-9(7-16-11)15(22)23/h4-5,7,10H,2-3,6,8H2,1H3,(H,17,21)(H,22,23). The number of aromatic nitrogens is 4. The molecule has 2 aromatic rings. The van der Waals surface area contributed by atoms with Gasteiger partial charge in [-0.05, 0) is 25.0 Å². The van der Waals surface area contributed by atoms with Crippen LogP contribution in [0.25, 0.3) is 0 Å². The van der Waals surface area contributed by atoms with Gasteiger partial charge in [-0.1, -0.05) is 0 Å². The van der Waals surface area contributed by atoms with Crippen molar-refractivity contribution in [2.45, 2.75) is 32.0 Å². The van der Waals surface area contributed by atoms with E-state index in [0.717, 1.165) is 25.6 Å². The zero-order valence-electron chi connectivity index (χ0n) is 13.1. The first kappa shape index (κ1) is 16.1. The number of methoxy groups -OCH3 is 1. The van der Waals surface area contributed by atoms with E-state index in [0.29, 0.717) is 18.3 Å². The van der Waals surface area contributed by atoms with Crippen molar-refractivity contribution in [3.63, 3.8) is 0 Å². The second kappa shape index (κ2) is 6.75. The number of carboxylic acid groups (broad SMARTS) is 1. The molecule has 24 heavy (non-hydrogen) atoms. The molecule has 9 heteroatoms. The Bertz CT molecular complexity index is 756. The largest absolute Gasteiger partial charge is 0.478 e. The average Bonchev–Trinajstić information content (AvgIpc) is 2.99. The fraction of sp³-hybridized carbons (Fsp3) is 0.400. The molecule has 0 fully saturated rings. The van der Waals surface area contributed by atoms with Gasteiger partial charge in [0.05, 0.1) is 11.6 Å². The molecular weight excluding hydrogens is 314 g/mol. The van der Waals surface area contributed by atoms with E-state index in [1.54, 1.807) is 11.8 Å². The lowest BCUT2D eigenvalue weighted by Crippen LogP contribution is -2.33. The molecule has 1 unspecified atom stereocenters. The molecule has 0 aromatic carbocycles. The first-order valence-corrected chi connectivity index (χ1v) is 7.51. The van der Waals surface area contributed by atoms with Crippen LogP contribution >= 0.6 is 0 Å². The van der Waals surface area contributed by atoms with E-state index in [1.165, 1.54) is 12.1 Å². The van der Waals surface area contributed by atoms with Gasteiger partial charge in [0.2, 0.25) is 0 Å². The smallest absolute Gasteiger partial charge is 0.337 e. The quantitative estimate of drug-likeness (QED) is 0.831. The number of pyridine rings is 1. The first-order chi connectivity index (χ1) is 11.6. The van der Waals surface area contributed by atoms with Gasteiger partial charge < -0.3 is 15.2 Å². The molecule has 2 aromatic heterocycles. The van der Waals surface area contributed by atoms with Crippen LogP contribution in [0.3, 0.4) is 0 Å². The van der Waals surface area contributed by atoms with Crippen LogP contribution in [0.2, 0.25) is 0 Å². The Morgan fingerprint density at radius 3 is 2.96 bits per heavy atom. The molecule has 126 valence electrons. The zero-order chi connectivity index (χ0) is 17.1. The number of ether oxygens (including phenoxy) is 1. The number of aryl methyl sites for hydroxylation is 1. The van der Waals surface area contributed by atoms with Crippen LogP contribution < -0.4 is 5.32 Å². The zero-order valence-corrected chi connectivity index (χ0v) is 13.1. The summed E-state index contributed by atoms with van der Waals surface area (Å²) in [5.41, 5.74) is 0.196. The summed E-state index contributed by atoms with van der Waals surface area (Å²) in [6.45, 7) is 1.07. The monoisotopic (exact) mass is 331 g/mol. The van der Waals surface area contributed by atoms with Crippen LogP contribution in [-0.2, 0) is 17.9 Å². The normalized spacial score (nSPS) is 16.5. The maximum atomic E-state index is 12.3. The van der Waals surface area contributed by atoms with Crippen molar-refractivity contribution in [1.29, 1.82) is 0 Å². The van der Waals surface area contributed by atoms with Crippen LogP contribution in [0.4, 0.5) is 0 Å². The summed E-state index contributed by atoms with van der Waals surface area (Å²) in [6.07, 6.45) is 2.79. The number of hydrogen-bond acceptors (Lipinski definition) is 6. The van der Waals surface area contributed by atoms with Gasteiger partial charge in [-0.25, -0.2) is 14.5 Å². The van der Waals surface area contributed by atoms with E-state index >= 15 is 0 Å². The Labute approximate surface area is 137 Å². The molecule has 2 N–H and O–H groups in total. The third-order valence-corrected chi connectivity index (χ3v) is 3.74. The van der Waals surface area contributed by atoms with E-state index in [-0.39, 0.29) is 23.2 Å². The number of carboxylic acids is 1. The molecule has 1 amide bonds. The van der Waals surface area contributed by atoms with Crippen molar-refractivity contribution in [2.75, 3.05) is 7.11 Å². The molecular formula is C15H17N5O4. The minimum atomic E-state index is -1.08. The number of nitrogens with one attached hydrogen (secondary N) is 1. The van der Waals surface area contributed by atoms with Gasteiger partial charge in [-0.3, -0.25) is 9.78 Å². The predicted octanol–water partition coefficient (Wildman–Crippen LogP) is 0.783. The highest BCUT2D eigenvalue weighted by Gasteiger charge is 2.26. The lowest BCUT2D eigenvalue weighted by molar-refractivity contribution is 0.0695. The Morgan fingerprint density at radius 2 is 2.29 bits per heavy atom. The summed E-state index contributed by atoms with van der Waals surface area (Å²) in [5, 5.41) is 16.1. The number of hydrogen-bond donors (Lipinski definition) is 2. The fourth-order valence-electron chi connectivity index (χ4n) is 2.61. The second-order valence-corrected chi connectivity index (χ2v) is 5.45. The molecule has 1 atom stereocenters. The average molecular weight is 331 g/mol. The van der Waals surface area contributed by atoms with Crippen LogP contribution in [0, 0.1) is 0 Å². The summed E-state index contributed by atoms with van der Waals surface area (Å²) in [6, 6.07) is 2.48. The van der Waals surface area contributed by atoms with E-state index in [4.69, 9.17) is 9.84 Å². The molecule has 1 aliphatic heterocycles. The third kappa shape index (κ3) is 3.25. The number of carbonyl (C=O) groups is 2. The Hall–Kier alpha value is -2.81. The molecule has 0 spiro atoms. The highest BCUT2D eigenvalue weighted by Crippen LogP contribution is 2.23. The van der Waals surface area contributed by atoms with Gasteiger partial charge in [0.15, 0.2) is 5.82 Å². The number of nitrogens with zero attached hydrogens (tertiary/aromatic N) is 4. The minimum absolute atomic E-state index is 0.0353. The summed E-state index contributed by atoms with van der Waals surface area (Å²) < 4.78 is 6.82. The molecule has 0 radical (unpaired) electrons. The fourth-order valence-corrected chi connectivity index (χ4v) is 2.61. The SMILES string of the molecule is COCc1nc2n(n1)CCCC2NC(=O)c1ccc(C(=O)O)cn1. The maximum Gasteiger partial charge on any atom is 0.337 e. The topological polar surface area (TPSA) is 119 Å². The van der Waals surface area contributed by atoms with E-state index in [2.05, 4.69) is 20.4 Å². The summed E-state index contributed by atoms with van der Waals surface area (Å²) in [5.74, 6) is -0.177. The van der Waals surface area contributed by atoms with Crippen molar-refractivity contribution in [3.05, 3.63) is 41.2 Å². The van der Waals surface area contributed by atoms with Crippen molar-refractivity contribution in [1.82, 2.24) is 25.1 Å². The predicted molar refractivity (Wildman–Crippen MR) is 81.4 cm³/mol. The summed E-state index contributed by atoms with van der Waals surface area (Å²) >= 11 is 0. The van der Waals surface area contributed by atoms with E-state index < -0.39 is 5.97 Å². The second-order valence-electron chi connectivity index (χ2n) is 5.45. The maximum absolute atomic E-state index is 12.3. The van der Waals surface area contributed by atoms with Crippen molar-refractivity contribution in [3.8, 4) is 0 Å². The van der Waals surface area contributed by atoms with Gasteiger partial charge in [-0.15, -0.1) is 0 Å². The lowest BCUT2D eigenvalue weighted by atomic mass is 10.1. The van der Waals surface area contributed by atoms with E-state index in [1.807, 2.05) is 0 Å². The summed E-state index contributed by atoms with van der Waals surface area (Å²) in [7, 11) is 1.58. The summed E-state index contributed by atoms with van der Waals surface area (Å²) in [4.78, 5) is 31.5. The number of rotatable bonds is 5. The van der Waals surface area contributed by atoms with Gasteiger partial charge in [-0.2, -0.15) is 5.10 Å². The molecule has 0 bridgehead atoms. The number of aromatic carboxylic acids is 1. The Kier molecular flexibility index (Phi) is 4.52. The highest BCUT2D eigenvalue weighted by atomic mass is 16.5. The minimum Gasteiger partial charge on any atom is -0.478 e. The molecule has 0 aliphatic carbocycles. The number of carbonyl (C=O) groups excluding carboxylic acids is 1. The Morgan fingerprint density at radius 1 is 1.46 bits per heavy atom. The molecule has 0 saturated carbocycles. The molecule has 3 heterocycles. The number of amides is 1. The highest BCUT2D eigenvalue weighted by molar-refractivity contribution is 5.93. The van der Waals surface area contributed by atoms with Crippen molar-refractivity contribution < 1.29 is 19.4 Å². The Balaban J connectivity index is 1.74. The molecule has 0 saturated heterocycles.